The van der Waals surface area contributed by atoms with Crippen LogP contribution in [0.3, 0.4) is 0 Å². The third kappa shape index (κ3) is 5.21. The largest absolute Gasteiger partial charge is 0.419 e. The van der Waals surface area contributed by atoms with Gasteiger partial charge in [-0.15, -0.1) is 9.19 Å². The SMILES string of the molecule is CO/N=C(\CN(C1CC1)S(=O)(=O)c1ncn(S(=O)(=O)N(C)C)n1)c1ccc(C(F)(F)F)c(F)c1. The molecule has 1 heterocycles. The third-order valence-corrected chi connectivity index (χ3v) is 8.02. The van der Waals surface area contributed by atoms with Crippen LogP contribution in [-0.2, 0) is 31.2 Å². The van der Waals surface area contributed by atoms with E-state index in [4.69, 9.17) is 4.84 Å². The van der Waals surface area contributed by atoms with Crippen molar-refractivity contribution in [3.05, 3.63) is 41.5 Å². The Labute approximate surface area is 192 Å². The van der Waals surface area contributed by atoms with Gasteiger partial charge in [0, 0.05) is 25.7 Å². The number of sulfonamides is 1. The zero-order valence-corrected chi connectivity index (χ0v) is 19.7. The Balaban J connectivity index is 1.97. The van der Waals surface area contributed by atoms with Crippen molar-refractivity contribution in [3.63, 3.8) is 0 Å². The maximum atomic E-state index is 14.1. The number of rotatable bonds is 9. The van der Waals surface area contributed by atoms with Gasteiger partial charge in [0.2, 0.25) is 0 Å². The Morgan fingerprint density at radius 1 is 1.24 bits per heavy atom. The number of benzene rings is 1. The van der Waals surface area contributed by atoms with Gasteiger partial charge in [0.15, 0.2) is 0 Å². The summed E-state index contributed by atoms with van der Waals surface area (Å²) in [5.74, 6) is -1.57. The minimum atomic E-state index is -4.91. The van der Waals surface area contributed by atoms with Crippen molar-refractivity contribution in [3.8, 4) is 0 Å². The van der Waals surface area contributed by atoms with Crippen molar-refractivity contribution in [1.29, 1.82) is 0 Å². The predicted molar refractivity (Wildman–Crippen MR) is 110 cm³/mol. The molecule has 1 saturated carbocycles. The molecule has 17 heteroatoms. The molecule has 0 radical (unpaired) electrons. The maximum Gasteiger partial charge on any atom is 0.419 e. The molecule has 0 unspecified atom stereocenters. The molecule has 0 amide bonds. The van der Waals surface area contributed by atoms with Crippen LogP contribution in [0.5, 0.6) is 0 Å². The molecule has 0 N–H and O–H groups in total. The van der Waals surface area contributed by atoms with Gasteiger partial charge < -0.3 is 4.84 Å². The molecule has 3 rings (SSSR count). The summed E-state index contributed by atoms with van der Waals surface area (Å²) in [6, 6.07) is 1.51. The van der Waals surface area contributed by atoms with E-state index in [0.717, 1.165) is 28.1 Å². The fourth-order valence-electron chi connectivity index (χ4n) is 2.86. The summed E-state index contributed by atoms with van der Waals surface area (Å²) in [4.78, 5) is 8.30. The molecule has 0 spiro atoms. The molecule has 1 aromatic heterocycles. The highest BCUT2D eigenvalue weighted by Gasteiger charge is 2.42. The Kier molecular flexibility index (Phi) is 7.03. The molecule has 1 fully saturated rings. The molecule has 0 atom stereocenters. The first-order chi connectivity index (χ1) is 15.7. The van der Waals surface area contributed by atoms with E-state index in [1.54, 1.807) is 0 Å². The summed E-state index contributed by atoms with van der Waals surface area (Å²) in [5.41, 5.74) is -1.80. The van der Waals surface area contributed by atoms with Crippen LogP contribution in [0.15, 0.2) is 34.8 Å². The lowest BCUT2D eigenvalue weighted by atomic mass is 10.1. The van der Waals surface area contributed by atoms with Crippen LogP contribution < -0.4 is 0 Å². The van der Waals surface area contributed by atoms with Gasteiger partial charge in [-0.05, 0) is 25.0 Å². The topological polar surface area (TPSA) is 127 Å². The fraction of sp³-hybridized carbons (Fsp3) is 0.471. The van der Waals surface area contributed by atoms with Crippen molar-refractivity contribution in [2.45, 2.75) is 30.2 Å². The molecule has 1 aliphatic carbocycles. The summed E-state index contributed by atoms with van der Waals surface area (Å²) in [6.07, 6.45) is -3.28. The summed E-state index contributed by atoms with van der Waals surface area (Å²) >= 11 is 0. The molecule has 0 saturated heterocycles. The number of alkyl halides is 3. The highest BCUT2D eigenvalue weighted by Crippen LogP contribution is 2.33. The molecule has 1 aromatic carbocycles. The first-order valence-corrected chi connectivity index (χ1v) is 12.4. The summed E-state index contributed by atoms with van der Waals surface area (Å²) in [6.45, 7) is -0.513. The summed E-state index contributed by atoms with van der Waals surface area (Å²) in [7, 11) is -5.02. The lowest BCUT2D eigenvalue weighted by Crippen LogP contribution is -2.38. The van der Waals surface area contributed by atoms with E-state index < -0.39 is 55.5 Å². The Hall–Kier alpha value is -2.63. The second kappa shape index (κ2) is 9.20. The smallest absolute Gasteiger partial charge is 0.399 e. The lowest BCUT2D eigenvalue weighted by molar-refractivity contribution is -0.140. The molecule has 34 heavy (non-hydrogen) atoms. The van der Waals surface area contributed by atoms with Crippen LogP contribution in [0.25, 0.3) is 0 Å². The van der Waals surface area contributed by atoms with Gasteiger partial charge in [0.1, 0.15) is 25.0 Å². The van der Waals surface area contributed by atoms with Crippen LogP contribution in [0, 0.1) is 5.82 Å². The Morgan fingerprint density at radius 3 is 2.38 bits per heavy atom. The van der Waals surface area contributed by atoms with E-state index in [0.29, 0.717) is 29.1 Å². The van der Waals surface area contributed by atoms with Gasteiger partial charge in [-0.3, -0.25) is 0 Å². The summed E-state index contributed by atoms with van der Waals surface area (Å²) in [5, 5.41) is 6.44. The summed E-state index contributed by atoms with van der Waals surface area (Å²) < 4.78 is 106. The molecule has 11 nitrogen and oxygen atoms in total. The van der Waals surface area contributed by atoms with Gasteiger partial charge in [-0.1, -0.05) is 11.2 Å². The minimum Gasteiger partial charge on any atom is -0.399 e. The van der Waals surface area contributed by atoms with Crippen LogP contribution in [0.4, 0.5) is 17.6 Å². The number of nitrogens with zero attached hydrogens (tertiary/aromatic N) is 6. The quantitative estimate of drug-likeness (QED) is 0.273. The zero-order valence-electron chi connectivity index (χ0n) is 18.1. The molecule has 2 aromatic rings. The monoisotopic (exact) mass is 528 g/mol. The first kappa shape index (κ1) is 26.0. The second-order valence-corrected chi connectivity index (χ2v) is 11.2. The molecular formula is C17H20F4N6O5S2. The van der Waals surface area contributed by atoms with E-state index in [1.165, 1.54) is 14.1 Å². The minimum absolute atomic E-state index is 0.137. The lowest BCUT2D eigenvalue weighted by Gasteiger charge is -2.21. The van der Waals surface area contributed by atoms with Gasteiger partial charge in [0.05, 0.1) is 12.1 Å². The van der Waals surface area contributed by atoms with Crippen LogP contribution in [-0.4, -0.2) is 79.1 Å². The number of oxime groups is 1. The van der Waals surface area contributed by atoms with Crippen LogP contribution in [0.2, 0.25) is 0 Å². The Bertz CT molecular complexity index is 1300. The van der Waals surface area contributed by atoms with Crippen molar-refractivity contribution < 1.29 is 39.2 Å². The zero-order chi connectivity index (χ0) is 25.5. The first-order valence-electron chi connectivity index (χ1n) is 9.53. The third-order valence-electron chi connectivity index (χ3n) is 4.76. The molecule has 0 bridgehead atoms. The van der Waals surface area contributed by atoms with Crippen molar-refractivity contribution in [1.82, 2.24) is 22.8 Å². The van der Waals surface area contributed by atoms with E-state index in [9.17, 15) is 34.4 Å². The highest BCUT2D eigenvalue weighted by molar-refractivity contribution is 7.89. The van der Waals surface area contributed by atoms with E-state index >= 15 is 0 Å². The average molecular weight is 529 g/mol. The van der Waals surface area contributed by atoms with Crippen LogP contribution >= 0.6 is 0 Å². The van der Waals surface area contributed by atoms with E-state index in [-0.39, 0.29) is 11.3 Å². The maximum absolute atomic E-state index is 14.1. The number of aromatic nitrogens is 3. The molecular weight excluding hydrogens is 508 g/mol. The molecule has 1 aliphatic rings. The van der Waals surface area contributed by atoms with Crippen molar-refractivity contribution in [2.75, 3.05) is 27.7 Å². The fourth-order valence-corrected chi connectivity index (χ4v) is 5.07. The normalized spacial score (nSPS) is 15.9. The second-order valence-electron chi connectivity index (χ2n) is 7.38. The van der Waals surface area contributed by atoms with Crippen LogP contribution in [0.1, 0.15) is 24.0 Å². The average Bonchev–Trinajstić information content (AvgIpc) is 3.42. The Morgan fingerprint density at radius 2 is 1.88 bits per heavy atom. The van der Waals surface area contributed by atoms with Crippen molar-refractivity contribution >= 4 is 25.9 Å². The highest BCUT2D eigenvalue weighted by atomic mass is 32.2. The standard InChI is InChI=1S/C17H20F4N6O5S2/c1-25(2)34(30,31)27-10-22-16(23-27)33(28,29)26(12-5-6-12)9-15(24-32-3)11-4-7-13(14(18)8-11)17(19,20)21/h4,7-8,10,12H,5-6,9H2,1-3H3/b24-15+. The number of hydrogen-bond donors (Lipinski definition) is 0. The van der Waals surface area contributed by atoms with Gasteiger partial charge in [-0.2, -0.15) is 30.2 Å². The van der Waals surface area contributed by atoms with E-state index in [1.807, 2.05) is 0 Å². The van der Waals surface area contributed by atoms with E-state index in [2.05, 4.69) is 15.2 Å². The van der Waals surface area contributed by atoms with Gasteiger partial charge >= 0.3 is 16.4 Å². The van der Waals surface area contributed by atoms with Gasteiger partial charge in [0.25, 0.3) is 15.2 Å². The molecule has 0 aliphatic heterocycles. The number of halogens is 4. The van der Waals surface area contributed by atoms with Gasteiger partial charge in [-0.25, -0.2) is 17.8 Å². The molecule has 188 valence electrons. The number of hydrogen-bond acceptors (Lipinski definition) is 8. The predicted octanol–water partition coefficient (Wildman–Crippen LogP) is 1.29. The van der Waals surface area contributed by atoms with Crippen molar-refractivity contribution in [2.24, 2.45) is 5.16 Å².